The molecule has 0 saturated carbocycles. The molecule has 0 bridgehead atoms. The number of hydrogen-bond acceptors (Lipinski definition) is 2. The number of amides is 2. The van der Waals surface area contributed by atoms with Gasteiger partial charge in [-0.2, -0.15) is 0 Å². The Morgan fingerprint density at radius 3 is 2.45 bits per heavy atom. The lowest BCUT2D eigenvalue weighted by molar-refractivity contribution is 0.252. The number of methoxy groups -OCH3 is 1. The summed E-state index contributed by atoms with van der Waals surface area (Å²) in [6.45, 7) is 0.465. The van der Waals surface area contributed by atoms with E-state index in [4.69, 9.17) is 4.74 Å². The quantitative estimate of drug-likeness (QED) is 0.431. The van der Waals surface area contributed by atoms with E-state index in [1.807, 2.05) is 72.9 Å². The molecule has 0 radical (unpaired) electrons. The van der Waals surface area contributed by atoms with Crippen LogP contribution < -0.4 is 15.4 Å². The molecular formula is C24H23N3O2. The van der Waals surface area contributed by atoms with Crippen LogP contribution in [0.5, 0.6) is 5.75 Å². The highest BCUT2D eigenvalue weighted by atomic mass is 16.5. The van der Waals surface area contributed by atoms with Crippen molar-refractivity contribution in [2.45, 2.75) is 5.92 Å². The van der Waals surface area contributed by atoms with Crippen molar-refractivity contribution in [2.75, 3.05) is 19.0 Å². The molecule has 0 saturated heterocycles. The fraction of sp³-hybridized carbons (Fsp3) is 0.125. The summed E-state index contributed by atoms with van der Waals surface area (Å²) in [4.78, 5) is 15.8. The van der Waals surface area contributed by atoms with E-state index in [9.17, 15) is 4.79 Å². The van der Waals surface area contributed by atoms with Gasteiger partial charge in [-0.05, 0) is 41.5 Å². The normalized spacial score (nSPS) is 11.8. The molecule has 0 aliphatic heterocycles. The minimum atomic E-state index is -0.227. The van der Waals surface area contributed by atoms with Crippen LogP contribution in [0.1, 0.15) is 17.0 Å². The lowest BCUT2D eigenvalue weighted by Gasteiger charge is -2.19. The van der Waals surface area contributed by atoms with Crippen LogP contribution in [0, 0.1) is 0 Å². The second kappa shape index (κ2) is 8.52. The molecule has 5 nitrogen and oxygen atoms in total. The third-order valence-electron chi connectivity index (χ3n) is 5.01. The van der Waals surface area contributed by atoms with Gasteiger partial charge in [-0.15, -0.1) is 0 Å². The molecule has 4 rings (SSSR count). The highest BCUT2D eigenvalue weighted by Gasteiger charge is 2.19. The number of fused-ring (bicyclic) bond motifs is 1. The van der Waals surface area contributed by atoms with Gasteiger partial charge in [0.05, 0.1) is 7.11 Å². The minimum absolute atomic E-state index is 0.00132. The van der Waals surface area contributed by atoms with Crippen LogP contribution in [-0.2, 0) is 0 Å². The number of carbonyl (C=O) groups is 1. The number of para-hydroxylation sites is 2. The second-order valence-corrected chi connectivity index (χ2v) is 6.82. The summed E-state index contributed by atoms with van der Waals surface area (Å²) < 4.78 is 5.29. The summed E-state index contributed by atoms with van der Waals surface area (Å²) in [7, 11) is 1.65. The largest absolute Gasteiger partial charge is 0.497 e. The summed E-state index contributed by atoms with van der Waals surface area (Å²) in [5.41, 5.74) is 4.09. The molecule has 1 heterocycles. The average molecular weight is 385 g/mol. The first-order valence-electron chi connectivity index (χ1n) is 9.54. The van der Waals surface area contributed by atoms with Crippen molar-refractivity contribution in [3.05, 3.63) is 96.2 Å². The van der Waals surface area contributed by atoms with Gasteiger partial charge >= 0.3 is 6.03 Å². The van der Waals surface area contributed by atoms with Crippen molar-refractivity contribution in [3.63, 3.8) is 0 Å². The van der Waals surface area contributed by atoms with Gasteiger partial charge in [0.25, 0.3) is 0 Å². The van der Waals surface area contributed by atoms with Gasteiger partial charge in [0.2, 0.25) is 0 Å². The van der Waals surface area contributed by atoms with Crippen molar-refractivity contribution < 1.29 is 9.53 Å². The Kier molecular flexibility index (Phi) is 5.47. The molecule has 146 valence electrons. The molecule has 3 N–H and O–H groups in total. The van der Waals surface area contributed by atoms with Gasteiger partial charge in [-0.1, -0.05) is 48.5 Å². The third kappa shape index (κ3) is 4.24. The van der Waals surface area contributed by atoms with E-state index in [1.165, 1.54) is 0 Å². The Bertz CT molecular complexity index is 1090. The zero-order valence-corrected chi connectivity index (χ0v) is 16.2. The average Bonchev–Trinajstić information content (AvgIpc) is 3.19. The van der Waals surface area contributed by atoms with E-state index in [-0.39, 0.29) is 11.9 Å². The van der Waals surface area contributed by atoms with Crippen LogP contribution in [0.3, 0.4) is 0 Å². The molecule has 4 aromatic rings. The molecule has 0 spiro atoms. The fourth-order valence-electron chi connectivity index (χ4n) is 3.52. The summed E-state index contributed by atoms with van der Waals surface area (Å²) in [5, 5.41) is 7.04. The topological polar surface area (TPSA) is 66.2 Å². The molecule has 3 aromatic carbocycles. The van der Waals surface area contributed by atoms with E-state index in [0.717, 1.165) is 33.5 Å². The van der Waals surface area contributed by atoms with E-state index < -0.39 is 0 Å². The number of urea groups is 1. The molecule has 0 aliphatic rings. The van der Waals surface area contributed by atoms with E-state index >= 15 is 0 Å². The van der Waals surface area contributed by atoms with Crippen LogP contribution in [-0.4, -0.2) is 24.7 Å². The van der Waals surface area contributed by atoms with Gasteiger partial charge in [-0.3, -0.25) is 0 Å². The molecule has 1 atom stereocenters. The van der Waals surface area contributed by atoms with E-state index in [2.05, 4.69) is 27.8 Å². The number of H-pyrrole nitrogens is 1. The number of rotatable bonds is 6. The SMILES string of the molecule is COc1ccc([C@@H](CNC(=O)Nc2ccccc2)c2c[nH]c3ccccc23)cc1. The van der Waals surface area contributed by atoms with Gasteiger partial charge in [0, 0.05) is 35.2 Å². The number of hydrogen-bond donors (Lipinski definition) is 3. The number of ether oxygens (including phenoxy) is 1. The minimum Gasteiger partial charge on any atom is -0.497 e. The van der Waals surface area contributed by atoms with Crippen molar-refractivity contribution in [2.24, 2.45) is 0 Å². The monoisotopic (exact) mass is 385 g/mol. The van der Waals surface area contributed by atoms with Crippen molar-refractivity contribution in [1.29, 1.82) is 0 Å². The first kappa shape index (κ1) is 18.6. The maximum atomic E-state index is 12.4. The number of aromatic nitrogens is 1. The van der Waals surface area contributed by atoms with E-state index in [0.29, 0.717) is 6.54 Å². The zero-order chi connectivity index (χ0) is 20.1. The van der Waals surface area contributed by atoms with Gasteiger partial charge < -0.3 is 20.4 Å². The van der Waals surface area contributed by atoms with Crippen LogP contribution in [0.4, 0.5) is 10.5 Å². The molecule has 0 aliphatic carbocycles. The van der Waals surface area contributed by atoms with Crippen LogP contribution in [0.2, 0.25) is 0 Å². The molecule has 1 aromatic heterocycles. The number of aromatic amines is 1. The van der Waals surface area contributed by atoms with Crippen LogP contribution in [0.25, 0.3) is 10.9 Å². The smallest absolute Gasteiger partial charge is 0.319 e. The Labute approximate surface area is 169 Å². The lowest BCUT2D eigenvalue weighted by Crippen LogP contribution is -2.32. The predicted molar refractivity (Wildman–Crippen MR) is 117 cm³/mol. The van der Waals surface area contributed by atoms with Crippen LogP contribution >= 0.6 is 0 Å². The second-order valence-electron chi connectivity index (χ2n) is 6.82. The summed E-state index contributed by atoms with van der Waals surface area (Å²) in [5.74, 6) is 0.805. The Balaban J connectivity index is 1.58. The fourth-order valence-corrected chi connectivity index (χ4v) is 3.52. The Morgan fingerprint density at radius 2 is 1.69 bits per heavy atom. The van der Waals surface area contributed by atoms with Gasteiger partial charge in [0.15, 0.2) is 0 Å². The van der Waals surface area contributed by atoms with Gasteiger partial charge in [-0.25, -0.2) is 4.79 Å². The number of nitrogens with one attached hydrogen (secondary N) is 3. The summed E-state index contributed by atoms with van der Waals surface area (Å²) >= 11 is 0. The highest BCUT2D eigenvalue weighted by Crippen LogP contribution is 2.31. The highest BCUT2D eigenvalue weighted by molar-refractivity contribution is 5.89. The molecule has 0 unspecified atom stereocenters. The summed E-state index contributed by atoms with van der Waals surface area (Å²) in [6, 6.07) is 25.4. The number of benzene rings is 3. The van der Waals surface area contributed by atoms with Gasteiger partial charge in [0.1, 0.15) is 5.75 Å². The first-order chi connectivity index (χ1) is 14.2. The van der Waals surface area contributed by atoms with Crippen molar-refractivity contribution in [3.8, 4) is 5.75 Å². The maximum Gasteiger partial charge on any atom is 0.319 e. The Morgan fingerprint density at radius 1 is 0.966 bits per heavy atom. The molecule has 0 fully saturated rings. The van der Waals surface area contributed by atoms with Crippen molar-refractivity contribution >= 4 is 22.6 Å². The standard InChI is InChI=1S/C24H23N3O2/c1-29-19-13-11-17(12-14-19)21(22-16-25-23-10-6-5-9-20(22)23)15-26-24(28)27-18-7-3-2-4-8-18/h2-14,16,21,25H,15H2,1H3,(H2,26,27,28)/t21-/m1/s1. The van der Waals surface area contributed by atoms with Crippen LogP contribution in [0.15, 0.2) is 85.1 Å². The van der Waals surface area contributed by atoms with Crippen molar-refractivity contribution in [1.82, 2.24) is 10.3 Å². The number of anilines is 1. The molecule has 29 heavy (non-hydrogen) atoms. The zero-order valence-electron chi connectivity index (χ0n) is 16.2. The Hall–Kier alpha value is -3.73. The maximum absolute atomic E-state index is 12.4. The van der Waals surface area contributed by atoms with E-state index in [1.54, 1.807) is 7.11 Å². The number of carbonyl (C=O) groups excluding carboxylic acids is 1. The summed E-state index contributed by atoms with van der Waals surface area (Å²) in [6.07, 6.45) is 2.02. The molecular weight excluding hydrogens is 362 g/mol. The first-order valence-corrected chi connectivity index (χ1v) is 9.54. The lowest BCUT2D eigenvalue weighted by atomic mass is 9.91. The predicted octanol–water partition coefficient (Wildman–Crippen LogP) is 5.13. The third-order valence-corrected chi connectivity index (χ3v) is 5.01. The molecule has 2 amide bonds. The molecule has 5 heteroatoms.